The standard InChI is InChI=1S/C31H29FN4O2/c1-30(2,3)38-29(37)34-31(16-7-17-31)22-12-10-21(11-13-22)27-25(20-8-5-4-6-9-20)19-36-28(33-27)24-18-23(32)14-15-26(24)35-36/h4-6,8-15,18-19H,7,16-17H2,1-3H3,(H,34,37). The fourth-order valence-corrected chi connectivity index (χ4v) is 5.12. The van der Waals surface area contributed by atoms with Gasteiger partial charge in [-0.2, -0.15) is 5.10 Å². The number of aromatic nitrogens is 3. The second-order valence-electron chi connectivity index (χ2n) is 10.9. The number of carbonyl (C=O) groups is 1. The fourth-order valence-electron chi connectivity index (χ4n) is 5.12. The van der Waals surface area contributed by atoms with E-state index < -0.39 is 17.2 Å². The van der Waals surface area contributed by atoms with Crippen LogP contribution in [0, 0.1) is 5.82 Å². The van der Waals surface area contributed by atoms with Gasteiger partial charge in [0.25, 0.3) is 0 Å². The summed E-state index contributed by atoms with van der Waals surface area (Å²) in [7, 11) is 0. The molecule has 192 valence electrons. The first-order chi connectivity index (χ1) is 18.2. The number of hydrogen-bond donors (Lipinski definition) is 1. The van der Waals surface area contributed by atoms with Gasteiger partial charge in [0, 0.05) is 22.7 Å². The largest absolute Gasteiger partial charge is 0.444 e. The van der Waals surface area contributed by atoms with E-state index in [0.29, 0.717) is 16.6 Å². The Hall–Kier alpha value is -4.26. The van der Waals surface area contributed by atoms with Crippen molar-refractivity contribution in [1.29, 1.82) is 0 Å². The van der Waals surface area contributed by atoms with Crippen LogP contribution in [0.25, 0.3) is 38.9 Å². The summed E-state index contributed by atoms with van der Waals surface area (Å²) in [5.74, 6) is -0.324. The summed E-state index contributed by atoms with van der Waals surface area (Å²) in [6, 6.07) is 22.8. The van der Waals surface area contributed by atoms with Crippen LogP contribution in [0.4, 0.5) is 9.18 Å². The molecule has 6 nitrogen and oxygen atoms in total. The van der Waals surface area contributed by atoms with Crippen LogP contribution in [0.15, 0.2) is 79.0 Å². The van der Waals surface area contributed by atoms with Crippen molar-refractivity contribution in [2.24, 2.45) is 0 Å². The van der Waals surface area contributed by atoms with Crippen molar-refractivity contribution in [3.05, 3.63) is 90.4 Å². The van der Waals surface area contributed by atoms with Gasteiger partial charge in [0.15, 0.2) is 5.65 Å². The quantitative estimate of drug-likeness (QED) is 0.277. The minimum absolute atomic E-state index is 0.324. The van der Waals surface area contributed by atoms with E-state index in [0.717, 1.165) is 47.2 Å². The number of amides is 1. The van der Waals surface area contributed by atoms with Crippen LogP contribution in [-0.4, -0.2) is 26.3 Å². The topological polar surface area (TPSA) is 68.5 Å². The van der Waals surface area contributed by atoms with Crippen LogP contribution in [0.1, 0.15) is 45.6 Å². The van der Waals surface area contributed by atoms with Crippen LogP contribution >= 0.6 is 0 Å². The molecule has 1 saturated carbocycles. The summed E-state index contributed by atoms with van der Waals surface area (Å²) >= 11 is 0. The van der Waals surface area contributed by atoms with Crippen LogP contribution in [0.5, 0.6) is 0 Å². The molecule has 0 aliphatic heterocycles. The molecule has 38 heavy (non-hydrogen) atoms. The Morgan fingerprint density at radius 3 is 2.39 bits per heavy atom. The average molecular weight is 509 g/mol. The van der Waals surface area contributed by atoms with Crippen molar-refractivity contribution < 1.29 is 13.9 Å². The minimum atomic E-state index is -0.558. The monoisotopic (exact) mass is 508 g/mol. The summed E-state index contributed by atoms with van der Waals surface area (Å²) in [6.45, 7) is 5.59. The number of hydrogen-bond acceptors (Lipinski definition) is 4. The maximum absolute atomic E-state index is 14.1. The molecule has 2 heterocycles. The molecule has 1 amide bonds. The molecule has 1 N–H and O–H groups in total. The van der Waals surface area contributed by atoms with Crippen LogP contribution in [0.2, 0.25) is 0 Å². The van der Waals surface area contributed by atoms with Gasteiger partial charge in [0.1, 0.15) is 11.4 Å². The van der Waals surface area contributed by atoms with Gasteiger partial charge in [-0.25, -0.2) is 18.7 Å². The third-order valence-electron chi connectivity index (χ3n) is 7.10. The van der Waals surface area contributed by atoms with Gasteiger partial charge in [0.05, 0.1) is 16.7 Å². The number of nitrogens with zero attached hydrogens (tertiary/aromatic N) is 3. The molecule has 0 unspecified atom stereocenters. The summed E-state index contributed by atoms with van der Waals surface area (Å²) in [5, 5.41) is 8.42. The fraction of sp³-hybridized carbons (Fsp3) is 0.258. The van der Waals surface area contributed by atoms with E-state index in [1.165, 1.54) is 12.1 Å². The molecule has 0 radical (unpaired) electrons. The molecule has 3 aromatic carbocycles. The Morgan fingerprint density at radius 1 is 1.00 bits per heavy atom. The Kier molecular flexibility index (Phi) is 5.67. The Labute approximate surface area is 220 Å². The van der Waals surface area contributed by atoms with Crippen molar-refractivity contribution in [2.45, 2.75) is 51.2 Å². The van der Waals surface area contributed by atoms with E-state index in [2.05, 4.69) is 22.5 Å². The van der Waals surface area contributed by atoms with E-state index >= 15 is 0 Å². The average Bonchev–Trinajstić information content (AvgIpc) is 3.22. The van der Waals surface area contributed by atoms with Crippen LogP contribution in [-0.2, 0) is 10.3 Å². The number of rotatable bonds is 4. The molecule has 0 spiro atoms. The Bertz CT molecular complexity index is 1650. The lowest BCUT2D eigenvalue weighted by atomic mass is 9.71. The third-order valence-corrected chi connectivity index (χ3v) is 7.10. The lowest BCUT2D eigenvalue weighted by molar-refractivity contribution is 0.0377. The number of carbonyl (C=O) groups excluding carboxylic acids is 1. The molecule has 2 aromatic heterocycles. The molecular weight excluding hydrogens is 479 g/mol. The summed E-state index contributed by atoms with van der Waals surface area (Å²) < 4.78 is 21.3. The highest BCUT2D eigenvalue weighted by Crippen LogP contribution is 2.42. The second-order valence-corrected chi connectivity index (χ2v) is 10.9. The van der Waals surface area contributed by atoms with E-state index in [-0.39, 0.29) is 5.82 Å². The van der Waals surface area contributed by atoms with Gasteiger partial charge in [0.2, 0.25) is 0 Å². The Morgan fingerprint density at radius 2 is 1.74 bits per heavy atom. The van der Waals surface area contributed by atoms with Crippen molar-refractivity contribution >= 4 is 22.6 Å². The molecule has 0 atom stereocenters. The van der Waals surface area contributed by atoms with Crippen molar-refractivity contribution in [2.75, 3.05) is 0 Å². The first-order valence-corrected chi connectivity index (χ1v) is 12.9. The number of fused-ring (bicyclic) bond motifs is 3. The first kappa shape index (κ1) is 24.1. The number of benzene rings is 3. The van der Waals surface area contributed by atoms with E-state index in [1.807, 2.05) is 69.4 Å². The van der Waals surface area contributed by atoms with Crippen molar-refractivity contribution in [3.8, 4) is 22.4 Å². The highest BCUT2D eigenvalue weighted by molar-refractivity contribution is 5.94. The molecule has 0 bridgehead atoms. The molecule has 1 aliphatic rings. The van der Waals surface area contributed by atoms with Crippen molar-refractivity contribution in [1.82, 2.24) is 19.9 Å². The minimum Gasteiger partial charge on any atom is -0.444 e. The lowest BCUT2D eigenvalue weighted by Crippen LogP contribution is -2.52. The second kappa shape index (κ2) is 8.94. The van der Waals surface area contributed by atoms with Crippen molar-refractivity contribution in [3.63, 3.8) is 0 Å². The highest BCUT2D eigenvalue weighted by atomic mass is 19.1. The molecule has 7 heteroatoms. The number of halogens is 1. The maximum Gasteiger partial charge on any atom is 0.408 e. The SMILES string of the molecule is CC(C)(C)OC(=O)NC1(c2ccc(-c3nc4c5cc(F)ccc5nn4cc3-c3ccccc3)cc2)CCC1. The maximum atomic E-state index is 14.1. The smallest absolute Gasteiger partial charge is 0.408 e. The molecule has 1 fully saturated rings. The summed E-state index contributed by atoms with van der Waals surface area (Å²) in [6.07, 6.45) is 4.31. The van der Waals surface area contributed by atoms with Gasteiger partial charge >= 0.3 is 6.09 Å². The molecular formula is C31H29FN4O2. The molecule has 0 saturated heterocycles. The zero-order chi connectivity index (χ0) is 26.5. The predicted molar refractivity (Wildman–Crippen MR) is 146 cm³/mol. The lowest BCUT2D eigenvalue weighted by Gasteiger charge is -2.43. The van der Waals surface area contributed by atoms with Gasteiger partial charge in [-0.05, 0) is 69.4 Å². The molecule has 6 rings (SSSR count). The van der Waals surface area contributed by atoms with E-state index in [1.54, 1.807) is 10.6 Å². The molecule has 1 aliphatic carbocycles. The normalized spacial score (nSPS) is 14.8. The van der Waals surface area contributed by atoms with Crippen LogP contribution in [0.3, 0.4) is 0 Å². The number of alkyl carbamates (subject to hydrolysis) is 1. The third kappa shape index (κ3) is 4.38. The van der Waals surface area contributed by atoms with Crippen LogP contribution < -0.4 is 5.32 Å². The van der Waals surface area contributed by atoms with E-state index in [4.69, 9.17) is 9.72 Å². The van der Waals surface area contributed by atoms with E-state index in [9.17, 15) is 9.18 Å². The van der Waals surface area contributed by atoms with Gasteiger partial charge in [-0.15, -0.1) is 0 Å². The number of nitrogens with one attached hydrogen (secondary N) is 1. The summed E-state index contributed by atoms with van der Waals surface area (Å²) in [5.41, 5.74) is 4.97. The molecule has 5 aromatic rings. The zero-order valence-electron chi connectivity index (χ0n) is 21.7. The van der Waals surface area contributed by atoms with Gasteiger partial charge in [-0.1, -0.05) is 54.6 Å². The van der Waals surface area contributed by atoms with Gasteiger partial charge in [-0.3, -0.25) is 0 Å². The number of ether oxygens (including phenoxy) is 1. The van der Waals surface area contributed by atoms with Gasteiger partial charge < -0.3 is 10.1 Å². The predicted octanol–water partition coefficient (Wildman–Crippen LogP) is 7.26. The summed E-state index contributed by atoms with van der Waals surface area (Å²) in [4.78, 5) is 17.6. The first-order valence-electron chi connectivity index (χ1n) is 12.9. The zero-order valence-corrected chi connectivity index (χ0v) is 21.7. The Balaban J connectivity index is 1.43. The highest BCUT2D eigenvalue weighted by Gasteiger charge is 2.41.